The topological polar surface area (TPSA) is 38.3 Å². The van der Waals surface area contributed by atoms with Gasteiger partial charge in [-0.1, -0.05) is 42.0 Å². The fraction of sp³-hybridized carbons (Fsp3) is 0.235. The molecule has 0 aromatic heterocycles. The van der Waals surface area contributed by atoms with Gasteiger partial charge in [-0.25, -0.2) is 0 Å². The summed E-state index contributed by atoms with van der Waals surface area (Å²) < 4.78 is 5.39. The first-order valence-corrected chi connectivity index (χ1v) is 6.66. The molecule has 104 valence electrons. The van der Waals surface area contributed by atoms with Crippen molar-refractivity contribution in [3.8, 4) is 5.75 Å². The van der Waals surface area contributed by atoms with Gasteiger partial charge < -0.3 is 10.1 Å². The van der Waals surface area contributed by atoms with Gasteiger partial charge in [0.25, 0.3) is 5.91 Å². The minimum atomic E-state index is -0.117. The molecule has 0 radical (unpaired) electrons. The molecular formula is C17H19NO2. The predicted molar refractivity (Wildman–Crippen MR) is 79.7 cm³/mol. The van der Waals surface area contributed by atoms with Gasteiger partial charge in [0.05, 0.1) is 0 Å². The lowest BCUT2D eigenvalue weighted by molar-refractivity contribution is -0.123. The molecule has 2 rings (SSSR count). The summed E-state index contributed by atoms with van der Waals surface area (Å²) in [5, 5.41) is 2.87. The summed E-state index contributed by atoms with van der Waals surface area (Å²) in [4.78, 5) is 11.7. The molecule has 0 atom stereocenters. The highest BCUT2D eigenvalue weighted by Crippen LogP contribution is 2.10. The standard InChI is InChI=1S/C17H19NO2/c1-13-8-9-15(14(2)10-13)11-18-17(19)12-20-16-6-4-3-5-7-16/h3-10H,11-12H2,1-2H3,(H,18,19). The van der Waals surface area contributed by atoms with Crippen LogP contribution in [0, 0.1) is 13.8 Å². The summed E-state index contributed by atoms with van der Waals surface area (Å²) in [7, 11) is 0. The second-order valence-corrected chi connectivity index (χ2v) is 4.81. The van der Waals surface area contributed by atoms with Crippen molar-refractivity contribution in [2.45, 2.75) is 20.4 Å². The molecule has 0 bridgehead atoms. The van der Waals surface area contributed by atoms with E-state index in [1.807, 2.05) is 36.4 Å². The molecule has 0 aliphatic heterocycles. The molecule has 0 saturated heterocycles. The predicted octanol–water partition coefficient (Wildman–Crippen LogP) is 3.00. The van der Waals surface area contributed by atoms with Crippen LogP contribution in [0.5, 0.6) is 5.75 Å². The number of hydrogen-bond acceptors (Lipinski definition) is 2. The van der Waals surface area contributed by atoms with Gasteiger partial charge in [0.2, 0.25) is 0 Å². The SMILES string of the molecule is Cc1ccc(CNC(=O)COc2ccccc2)c(C)c1. The van der Waals surface area contributed by atoms with Crippen LogP contribution in [-0.2, 0) is 11.3 Å². The van der Waals surface area contributed by atoms with Crippen LogP contribution in [-0.4, -0.2) is 12.5 Å². The maximum Gasteiger partial charge on any atom is 0.258 e. The molecule has 1 amide bonds. The molecule has 0 heterocycles. The van der Waals surface area contributed by atoms with Gasteiger partial charge in [0, 0.05) is 6.54 Å². The van der Waals surface area contributed by atoms with Gasteiger partial charge in [-0.2, -0.15) is 0 Å². The van der Waals surface area contributed by atoms with E-state index in [0.717, 1.165) is 5.56 Å². The Hall–Kier alpha value is -2.29. The van der Waals surface area contributed by atoms with Crippen molar-refractivity contribution in [2.75, 3.05) is 6.61 Å². The number of carbonyl (C=O) groups excluding carboxylic acids is 1. The monoisotopic (exact) mass is 269 g/mol. The zero-order valence-corrected chi connectivity index (χ0v) is 11.8. The fourth-order valence-electron chi connectivity index (χ4n) is 1.95. The van der Waals surface area contributed by atoms with Gasteiger partial charge in [-0.05, 0) is 37.1 Å². The molecule has 0 aliphatic rings. The maximum absolute atomic E-state index is 11.7. The Kier molecular flexibility index (Phi) is 4.77. The molecule has 0 unspecified atom stereocenters. The number of ether oxygens (including phenoxy) is 1. The zero-order valence-electron chi connectivity index (χ0n) is 11.8. The van der Waals surface area contributed by atoms with Crippen LogP contribution >= 0.6 is 0 Å². The molecule has 20 heavy (non-hydrogen) atoms. The van der Waals surface area contributed by atoms with Crippen molar-refractivity contribution in [1.82, 2.24) is 5.32 Å². The van der Waals surface area contributed by atoms with Crippen LogP contribution in [0.4, 0.5) is 0 Å². The molecule has 2 aromatic rings. The minimum absolute atomic E-state index is 0.0366. The number of hydrogen-bond donors (Lipinski definition) is 1. The van der Waals surface area contributed by atoms with E-state index < -0.39 is 0 Å². The summed E-state index contributed by atoms with van der Waals surface area (Å²) in [6.07, 6.45) is 0. The Morgan fingerprint density at radius 1 is 1.10 bits per heavy atom. The zero-order chi connectivity index (χ0) is 14.4. The Morgan fingerprint density at radius 2 is 1.85 bits per heavy atom. The molecular weight excluding hydrogens is 250 g/mol. The molecule has 0 fully saturated rings. The highest BCUT2D eigenvalue weighted by Gasteiger charge is 2.04. The van der Waals surface area contributed by atoms with Gasteiger partial charge in [0.1, 0.15) is 5.75 Å². The van der Waals surface area contributed by atoms with Gasteiger partial charge in [0.15, 0.2) is 6.61 Å². The normalized spacial score (nSPS) is 10.1. The third kappa shape index (κ3) is 4.12. The number of rotatable bonds is 5. The first-order chi connectivity index (χ1) is 9.65. The van der Waals surface area contributed by atoms with Crippen molar-refractivity contribution < 1.29 is 9.53 Å². The smallest absolute Gasteiger partial charge is 0.258 e. The summed E-state index contributed by atoms with van der Waals surface area (Å²) in [6.45, 7) is 4.68. The Bertz CT molecular complexity index is 579. The van der Waals surface area contributed by atoms with Crippen LogP contribution < -0.4 is 10.1 Å². The molecule has 0 spiro atoms. The number of benzene rings is 2. The molecule has 3 nitrogen and oxygen atoms in total. The Labute approximate surface area is 119 Å². The van der Waals surface area contributed by atoms with E-state index in [9.17, 15) is 4.79 Å². The third-order valence-corrected chi connectivity index (χ3v) is 3.09. The first kappa shape index (κ1) is 14.1. The number of nitrogens with one attached hydrogen (secondary N) is 1. The molecule has 1 N–H and O–H groups in total. The van der Waals surface area contributed by atoms with Crippen LogP contribution in [0.3, 0.4) is 0 Å². The average molecular weight is 269 g/mol. The summed E-state index contributed by atoms with van der Waals surface area (Å²) in [6, 6.07) is 15.5. The van der Waals surface area contributed by atoms with E-state index in [1.54, 1.807) is 0 Å². The highest BCUT2D eigenvalue weighted by molar-refractivity contribution is 5.77. The van der Waals surface area contributed by atoms with E-state index in [1.165, 1.54) is 11.1 Å². The Balaban J connectivity index is 1.80. The van der Waals surface area contributed by atoms with Crippen LogP contribution in [0.1, 0.15) is 16.7 Å². The van der Waals surface area contributed by atoms with Gasteiger partial charge in [-0.3, -0.25) is 4.79 Å². The number of amides is 1. The van der Waals surface area contributed by atoms with Crippen molar-refractivity contribution in [3.05, 3.63) is 65.2 Å². The number of aryl methyl sites for hydroxylation is 2. The van der Waals surface area contributed by atoms with Crippen molar-refractivity contribution >= 4 is 5.91 Å². The third-order valence-electron chi connectivity index (χ3n) is 3.09. The summed E-state index contributed by atoms with van der Waals surface area (Å²) in [5.74, 6) is 0.586. The number of carbonyl (C=O) groups is 1. The van der Waals surface area contributed by atoms with Crippen molar-refractivity contribution in [1.29, 1.82) is 0 Å². The van der Waals surface area contributed by atoms with Gasteiger partial charge >= 0.3 is 0 Å². The summed E-state index contributed by atoms with van der Waals surface area (Å²) >= 11 is 0. The Morgan fingerprint density at radius 3 is 2.55 bits per heavy atom. The largest absolute Gasteiger partial charge is 0.484 e. The fourth-order valence-corrected chi connectivity index (χ4v) is 1.95. The van der Waals surface area contributed by atoms with E-state index in [2.05, 4.69) is 31.3 Å². The van der Waals surface area contributed by atoms with Crippen LogP contribution in [0.2, 0.25) is 0 Å². The molecule has 0 saturated carbocycles. The molecule has 2 aromatic carbocycles. The van der Waals surface area contributed by atoms with Gasteiger partial charge in [-0.15, -0.1) is 0 Å². The first-order valence-electron chi connectivity index (χ1n) is 6.66. The van der Waals surface area contributed by atoms with Crippen LogP contribution in [0.15, 0.2) is 48.5 Å². The van der Waals surface area contributed by atoms with Crippen molar-refractivity contribution in [2.24, 2.45) is 0 Å². The maximum atomic E-state index is 11.7. The lowest BCUT2D eigenvalue weighted by Gasteiger charge is -2.09. The second-order valence-electron chi connectivity index (χ2n) is 4.81. The lowest BCUT2D eigenvalue weighted by atomic mass is 10.1. The summed E-state index contributed by atoms with van der Waals surface area (Å²) in [5.41, 5.74) is 3.54. The van der Waals surface area contributed by atoms with Crippen molar-refractivity contribution in [3.63, 3.8) is 0 Å². The average Bonchev–Trinajstić information content (AvgIpc) is 2.45. The lowest BCUT2D eigenvalue weighted by Crippen LogP contribution is -2.28. The van der Waals surface area contributed by atoms with E-state index in [-0.39, 0.29) is 12.5 Å². The molecule has 0 aliphatic carbocycles. The minimum Gasteiger partial charge on any atom is -0.484 e. The number of para-hydroxylation sites is 1. The van der Waals surface area contributed by atoms with Crippen LogP contribution in [0.25, 0.3) is 0 Å². The second kappa shape index (κ2) is 6.75. The van der Waals surface area contributed by atoms with E-state index in [4.69, 9.17) is 4.74 Å². The molecule has 3 heteroatoms. The highest BCUT2D eigenvalue weighted by atomic mass is 16.5. The quantitative estimate of drug-likeness (QED) is 0.906. The van der Waals surface area contributed by atoms with E-state index >= 15 is 0 Å². The van der Waals surface area contributed by atoms with E-state index in [0.29, 0.717) is 12.3 Å².